The Kier molecular flexibility index (Phi) is 3.64. The van der Waals surface area contributed by atoms with Crippen LogP contribution >= 0.6 is 12.2 Å². The summed E-state index contributed by atoms with van der Waals surface area (Å²) < 4.78 is 0. The molecule has 1 aromatic rings. The van der Waals surface area contributed by atoms with Gasteiger partial charge < -0.3 is 15.9 Å². The van der Waals surface area contributed by atoms with E-state index in [9.17, 15) is 15.0 Å². The molecular formula is C9H11N3O3S. The van der Waals surface area contributed by atoms with Crippen molar-refractivity contribution in [2.45, 2.75) is 6.42 Å². The SMILES string of the molecule is NC(=S)N(N)C(=O)Cc1cc(O)cc(O)c1. The third-order valence-electron chi connectivity index (χ3n) is 1.82. The highest BCUT2D eigenvalue weighted by molar-refractivity contribution is 7.80. The zero-order valence-corrected chi connectivity index (χ0v) is 9.07. The highest BCUT2D eigenvalue weighted by Gasteiger charge is 2.13. The number of hydrogen-bond donors (Lipinski definition) is 4. The number of thiocarbonyl (C=S) groups is 1. The third-order valence-corrected chi connectivity index (χ3v) is 2.02. The summed E-state index contributed by atoms with van der Waals surface area (Å²) in [6.45, 7) is 0. The summed E-state index contributed by atoms with van der Waals surface area (Å²) in [6, 6.07) is 3.83. The molecule has 1 rings (SSSR count). The number of hydrazine groups is 1. The van der Waals surface area contributed by atoms with E-state index in [1.165, 1.54) is 12.1 Å². The molecule has 86 valence electrons. The molecule has 0 radical (unpaired) electrons. The van der Waals surface area contributed by atoms with Gasteiger partial charge in [0.05, 0.1) is 6.42 Å². The summed E-state index contributed by atoms with van der Waals surface area (Å²) in [5.74, 6) is 4.47. The van der Waals surface area contributed by atoms with E-state index >= 15 is 0 Å². The Balaban J connectivity index is 2.81. The topological polar surface area (TPSA) is 113 Å². The number of nitrogens with two attached hydrogens (primary N) is 2. The minimum absolute atomic E-state index is 0.115. The van der Waals surface area contributed by atoms with Crippen LogP contribution in [0.2, 0.25) is 0 Å². The number of carbonyl (C=O) groups excluding carboxylic acids is 1. The van der Waals surface area contributed by atoms with Crippen LogP contribution in [0.1, 0.15) is 5.56 Å². The predicted octanol–water partition coefficient (Wildman–Crippen LogP) is -0.414. The molecule has 0 atom stereocenters. The van der Waals surface area contributed by atoms with Crippen molar-refractivity contribution in [3.8, 4) is 11.5 Å². The predicted molar refractivity (Wildman–Crippen MR) is 61.3 cm³/mol. The van der Waals surface area contributed by atoms with Gasteiger partial charge in [-0.15, -0.1) is 0 Å². The number of amides is 1. The Morgan fingerprint density at radius 1 is 1.31 bits per heavy atom. The Morgan fingerprint density at radius 2 is 1.81 bits per heavy atom. The number of phenols is 2. The number of nitrogens with zero attached hydrogens (tertiary/aromatic N) is 1. The van der Waals surface area contributed by atoms with Gasteiger partial charge in [-0.05, 0) is 29.9 Å². The van der Waals surface area contributed by atoms with Crippen LogP contribution in [0.5, 0.6) is 11.5 Å². The van der Waals surface area contributed by atoms with Gasteiger partial charge in [-0.2, -0.15) is 0 Å². The van der Waals surface area contributed by atoms with Gasteiger partial charge in [0.2, 0.25) is 5.91 Å². The Morgan fingerprint density at radius 3 is 2.25 bits per heavy atom. The molecule has 16 heavy (non-hydrogen) atoms. The summed E-state index contributed by atoms with van der Waals surface area (Å²) in [5.41, 5.74) is 5.57. The first-order valence-corrected chi connectivity index (χ1v) is 4.70. The molecule has 0 saturated carbocycles. The van der Waals surface area contributed by atoms with Crippen molar-refractivity contribution < 1.29 is 15.0 Å². The maximum atomic E-state index is 11.4. The molecule has 0 aliphatic rings. The van der Waals surface area contributed by atoms with Crippen LogP contribution in [-0.2, 0) is 11.2 Å². The minimum Gasteiger partial charge on any atom is -0.508 e. The second-order valence-electron chi connectivity index (χ2n) is 3.14. The molecule has 7 heteroatoms. The van der Waals surface area contributed by atoms with Crippen LogP contribution < -0.4 is 11.6 Å². The summed E-state index contributed by atoms with van der Waals surface area (Å²) in [6.07, 6.45) is -0.115. The number of rotatable bonds is 2. The first-order chi connectivity index (χ1) is 7.40. The van der Waals surface area contributed by atoms with Gasteiger partial charge in [0.1, 0.15) is 11.5 Å². The number of benzene rings is 1. The van der Waals surface area contributed by atoms with Gasteiger partial charge in [-0.25, -0.2) is 10.9 Å². The molecule has 0 fully saturated rings. The lowest BCUT2D eigenvalue weighted by Crippen LogP contribution is -2.46. The van der Waals surface area contributed by atoms with Crippen LogP contribution in [0.15, 0.2) is 18.2 Å². The van der Waals surface area contributed by atoms with Crippen molar-refractivity contribution in [1.29, 1.82) is 0 Å². The molecule has 0 unspecified atom stereocenters. The van der Waals surface area contributed by atoms with Crippen LogP contribution in [0.4, 0.5) is 0 Å². The summed E-state index contributed by atoms with van der Waals surface area (Å²) in [7, 11) is 0. The lowest BCUT2D eigenvalue weighted by Gasteiger charge is -2.13. The van der Waals surface area contributed by atoms with Gasteiger partial charge in [0, 0.05) is 6.07 Å². The number of aromatic hydroxyl groups is 2. The Labute approximate surface area is 97.0 Å². The van der Waals surface area contributed by atoms with E-state index in [0.29, 0.717) is 10.6 Å². The van der Waals surface area contributed by atoms with Crippen molar-refractivity contribution >= 4 is 23.2 Å². The summed E-state index contributed by atoms with van der Waals surface area (Å²) >= 11 is 4.52. The highest BCUT2D eigenvalue weighted by Crippen LogP contribution is 2.20. The third kappa shape index (κ3) is 3.07. The van der Waals surface area contributed by atoms with Crippen LogP contribution in [-0.4, -0.2) is 26.2 Å². The molecule has 0 heterocycles. The average Bonchev–Trinajstić information content (AvgIpc) is 2.14. The quantitative estimate of drug-likeness (QED) is 0.242. The van der Waals surface area contributed by atoms with Crippen LogP contribution in [0.3, 0.4) is 0 Å². The van der Waals surface area contributed by atoms with E-state index in [2.05, 4.69) is 12.2 Å². The molecule has 0 saturated heterocycles. The van der Waals surface area contributed by atoms with Crippen molar-refractivity contribution in [2.24, 2.45) is 11.6 Å². The Bertz CT molecular complexity index is 416. The summed E-state index contributed by atoms with van der Waals surface area (Å²) in [4.78, 5) is 11.4. The number of hydrogen-bond acceptors (Lipinski definition) is 5. The van der Waals surface area contributed by atoms with Crippen molar-refractivity contribution in [3.63, 3.8) is 0 Å². The zero-order chi connectivity index (χ0) is 12.3. The molecule has 0 spiro atoms. The smallest absolute Gasteiger partial charge is 0.247 e. The van der Waals surface area contributed by atoms with Gasteiger partial charge >= 0.3 is 0 Å². The maximum absolute atomic E-state index is 11.4. The van der Waals surface area contributed by atoms with Crippen molar-refractivity contribution in [1.82, 2.24) is 5.01 Å². The fraction of sp³-hybridized carbons (Fsp3) is 0.111. The molecular weight excluding hydrogens is 230 g/mol. The average molecular weight is 241 g/mol. The van der Waals surface area contributed by atoms with Crippen molar-refractivity contribution in [3.05, 3.63) is 23.8 Å². The van der Waals surface area contributed by atoms with E-state index < -0.39 is 5.91 Å². The first kappa shape index (κ1) is 12.2. The minimum atomic E-state index is -0.530. The fourth-order valence-electron chi connectivity index (χ4n) is 1.14. The summed E-state index contributed by atoms with van der Waals surface area (Å²) in [5, 5.41) is 18.8. The molecule has 0 bridgehead atoms. The van der Waals surface area contributed by atoms with E-state index in [4.69, 9.17) is 11.6 Å². The monoisotopic (exact) mass is 241 g/mol. The molecule has 0 aromatic heterocycles. The lowest BCUT2D eigenvalue weighted by atomic mass is 10.1. The largest absolute Gasteiger partial charge is 0.508 e. The second-order valence-corrected chi connectivity index (χ2v) is 3.55. The molecule has 0 aliphatic carbocycles. The molecule has 1 aromatic carbocycles. The molecule has 6 N–H and O–H groups in total. The second kappa shape index (κ2) is 4.77. The normalized spacial score (nSPS) is 9.81. The molecule has 6 nitrogen and oxygen atoms in total. The van der Waals surface area contributed by atoms with Gasteiger partial charge in [-0.1, -0.05) is 0 Å². The zero-order valence-electron chi connectivity index (χ0n) is 8.25. The fourth-order valence-corrected chi connectivity index (χ4v) is 1.24. The number of phenolic OH excluding ortho intramolecular Hbond substituents is 2. The van der Waals surface area contributed by atoms with E-state index in [1.54, 1.807) is 0 Å². The van der Waals surface area contributed by atoms with Gasteiger partial charge in [0.15, 0.2) is 5.11 Å². The Hall–Kier alpha value is -1.86. The first-order valence-electron chi connectivity index (χ1n) is 4.29. The van der Waals surface area contributed by atoms with Crippen LogP contribution in [0.25, 0.3) is 0 Å². The highest BCUT2D eigenvalue weighted by atomic mass is 32.1. The van der Waals surface area contributed by atoms with Crippen molar-refractivity contribution in [2.75, 3.05) is 0 Å². The van der Waals surface area contributed by atoms with E-state index in [0.717, 1.165) is 6.07 Å². The van der Waals surface area contributed by atoms with Gasteiger partial charge in [-0.3, -0.25) is 4.79 Å². The molecule has 1 amide bonds. The van der Waals surface area contributed by atoms with E-state index in [-0.39, 0.29) is 23.0 Å². The van der Waals surface area contributed by atoms with Gasteiger partial charge in [0.25, 0.3) is 0 Å². The van der Waals surface area contributed by atoms with Crippen LogP contribution in [0, 0.1) is 0 Å². The lowest BCUT2D eigenvalue weighted by molar-refractivity contribution is -0.126. The van der Waals surface area contributed by atoms with E-state index in [1.807, 2.05) is 0 Å². The standard InChI is InChI=1S/C9H11N3O3S/c10-9(16)12(11)8(15)3-5-1-6(13)4-7(14)2-5/h1-2,4,13-14H,3,11H2,(H2,10,16). The molecule has 0 aliphatic heterocycles. The maximum Gasteiger partial charge on any atom is 0.247 e. The number of carbonyl (C=O) groups is 1.